The SMILES string of the molecule is C=C/C(F)=C\C1=C(C)C(=O)N(C2CCC(=O)NC2=O)C1=O.CC.CC. The second kappa shape index (κ2) is 10.3. The molecule has 0 aromatic rings. The van der Waals surface area contributed by atoms with Crippen LogP contribution in [0.4, 0.5) is 4.39 Å². The van der Waals surface area contributed by atoms with Crippen molar-refractivity contribution in [3.8, 4) is 0 Å². The van der Waals surface area contributed by atoms with E-state index in [1.54, 1.807) is 0 Å². The third kappa shape index (κ3) is 4.95. The maximum atomic E-state index is 13.3. The first-order chi connectivity index (χ1) is 11.9. The summed E-state index contributed by atoms with van der Waals surface area (Å²) in [6.07, 6.45) is 1.93. The molecule has 1 unspecified atom stereocenters. The van der Waals surface area contributed by atoms with Crippen LogP contribution in [0, 0.1) is 0 Å². The van der Waals surface area contributed by atoms with Gasteiger partial charge in [0.05, 0.1) is 5.57 Å². The van der Waals surface area contributed by atoms with Crippen LogP contribution in [0.3, 0.4) is 0 Å². The molecule has 0 aromatic carbocycles. The molecule has 0 bridgehead atoms. The summed E-state index contributed by atoms with van der Waals surface area (Å²) >= 11 is 0. The van der Waals surface area contributed by atoms with Gasteiger partial charge in [-0.2, -0.15) is 0 Å². The van der Waals surface area contributed by atoms with Crippen LogP contribution in [-0.2, 0) is 19.2 Å². The van der Waals surface area contributed by atoms with Gasteiger partial charge in [0.15, 0.2) is 0 Å². The van der Waals surface area contributed by atoms with Gasteiger partial charge in [-0.15, -0.1) is 0 Å². The van der Waals surface area contributed by atoms with Gasteiger partial charge in [0, 0.05) is 12.0 Å². The molecule has 0 aromatic heterocycles. The number of carbonyl (C=O) groups excluding carboxylic acids is 4. The van der Waals surface area contributed by atoms with E-state index < -0.39 is 35.5 Å². The van der Waals surface area contributed by atoms with Crippen LogP contribution in [0.1, 0.15) is 47.5 Å². The lowest BCUT2D eigenvalue weighted by Gasteiger charge is -2.28. The number of carbonyl (C=O) groups is 4. The molecule has 2 heterocycles. The predicted octanol–water partition coefficient (Wildman–Crippen LogP) is 2.57. The third-order valence-corrected chi connectivity index (χ3v) is 3.39. The van der Waals surface area contributed by atoms with Crippen LogP contribution < -0.4 is 5.32 Å². The Morgan fingerprint density at radius 1 is 1.16 bits per heavy atom. The fourth-order valence-electron chi connectivity index (χ4n) is 2.26. The Balaban J connectivity index is 0.00000134. The number of amides is 4. The van der Waals surface area contributed by atoms with Gasteiger partial charge < -0.3 is 0 Å². The molecule has 0 spiro atoms. The van der Waals surface area contributed by atoms with Crippen molar-refractivity contribution >= 4 is 23.6 Å². The minimum atomic E-state index is -1.05. The topological polar surface area (TPSA) is 83.6 Å². The first-order valence-corrected chi connectivity index (χ1v) is 8.29. The largest absolute Gasteiger partial charge is 0.295 e. The van der Waals surface area contributed by atoms with Crippen LogP contribution in [0.25, 0.3) is 0 Å². The maximum Gasteiger partial charge on any atom is 0.262 e. The quantitative estimate of drug-likeness (QED) is 0.625. The Kier molecular flexibility index (Phi) is 9.27. The zero-order chi connectivity index (χ0) is 19.7. The standard InChI is InChI=1S/C14H13FN2O4.2C2H6/c1-3-8(15)6-9-7(2)13(20)17(14(9)21)10-4-5-11(18)16-12(10)19;2*1-2/h3,6,10H,1,4-5H2,2H3,(H,16,18,19);2*1-2H3/b8-6+;;. The monoisotopic (exact) mass is 352 g/mol. The lowest BCUT2D eigenvalue weighted by molar-refractivity contribution is -0.150. The van der Waals surface area contributed by atoms with Crippen molar-refractivity contribution in [2.24, 2.45) is 0 Å². The van der Waals surface area contributed by atoms with E-state index in [-0.39, 0.29) is 24.0 Å². The molecule has 2 aliphatic rings. The van der Waals surface area contributed by atoms with Crippen LogP contribution in [0.2, 0.25) is 0 Å². The van der Waals surface area contributed by atoms with E-state index in [0.717, 1.165) is 17.1 Å². The van der Waals surface area contributed by atoms with Crippen molar-refractivity contribution in [1.29, 1.82) is 0 Å². The summed E-state index contributed by atoms with van der Waals surface area (Å²) < 4.78 is 13.3. The number of allylic oxidation sites excluding steroid dienone is 2. The Hall–Kier alpha value is -2.57. The van der Waals surface area contributed by atoms with Crippen molar-refractivity contribution in [2.75, 3.05) is 0 Å². The number of hydrogen-bond acceptors (Lipinski definition) is 4. The van der Waals surface area contributed by atoms with Crippen molar-refractivity contribution in [3.63, 3.8) is 0 Å². The Bertz CT molecular complexity index is 635. The smallest absolute Gasteiger partial charge is 0.262 e. The molecular formula is C18H25FN2O4. The zero-order valence-corrected chi connectivity index (χ0v) is 15.3. The molecule has 1 saturated heterocycles. The van der Waals surface area contributed by atoms with Gasteiger partial charge in [0.1, 0.15) is 11.9 Å². The number of nitrogens with zero attached hydrogens (tertiary/aromatic N) is 1. The molecule has 2 aliphatic heterocycles. The van der Waals surface area contributed by atoms with Crippen molar-refractivity contribution < 1.29 is 23.6 Å². The number of piperidine rings is 1. The Morgan fingerprint density at radius 3 is 2.20 bits per heavy atom. The van der Waals surface area contributed by atoms with Gasteiger partial charge in [0.2, 0.25) is 11.8 Å². The summed E-state index contributed by atoms with van der Waals surface area (Å²) in [5.41, 5.74) is -0.0520. The first kappa shape index (κ1) is 22.4. The third-order valence-electron chi connectivity index (χ3n) is 3.39. The molecule has 1 atom stereocenters. The van der Waals surface area contributed by atoms with Crippen molar-refractivity contribution in [2.45, 2.75) is 53.5 Å². The highest BCUT2D eigenvalue weighted by Gasteiger charge is 2.44. The van der Waals surface area contributed by atoms with Gasteiger partial charge in [-0.05, 0) is 25.5 Å². The average Bonchev–Trinajstić information content (AvgIpc) is 2.82. The van der Waals surface area contributed by atoms with Crippen LogP contribution in [-0.4, -0.2) is 34.6 Å². The summed E-state index contributed by atoms with van der Waals surface area (Å²) in [5.74, 6) is -3.30. The number of nitrogens with one attached hydrogen (secondary N) is 1. The molecule has 0 saturated carbocycles. The average molecular weight is 352 g/mol. The molecule has 2 rings (SSSR count). The number of imide groups is 2. The number of rotatable bonds is 3. The van der Waals surface area contributed by atoms with Crippen LogP contribution >= 0.6 is 0 Å². The van der Waals surface area contributed by atoms with E-state index in [4.69, 9.17) is 0 Å². The van der Waals surface area contributed by atoms with E-state index in [1.807, 2.05) is 27.7 Å². The molecule has 0 radical (unpaired) electrons. The fraction of sp³-hybridized carbons (Fsp3) is 0.444. The summed E-state index contributed by atoms with van der Waals surface area (Å²) in [6.45, 7) is 12.6. The van der Waals surface area contributed by atoms with E-state index >= 15 is 0 Å². The lowest BCUT2D eigenvalue weighted by atomic mass is 10.0. The van der Waals surface area contributed by atoms with Gasteiger partial charge >= 0.3 is 0 Å². The number of hydrogen-bond donors (Lipinski definition) is 1. The highest BCUT2D eigenvalue weighted by atomic mass is 19.1. The van der Waals surface area contributed by atoms with Gasteiger partial charge in [-0.3, -0.25) is 29.4 Å². The van der Waals surface area contributed by atoms with Gasteiger partial charge in [-0.25, -0.2) is 4.39 Å². The lowest BCUT2D eigenvalue weighted by Crippen LogP contribution is -2.54. The highest BCUT2D eigenvalue weighted by Crippen LogP contribution is 2.27. The molecule has 25 heavy (non-hydrogen) atoms. The summed E-state index contributed by atoms with van der Waals surface area (Å²) in [6, 6.07) is -1.05. The van der Waals surface area contributed by atoms with E-state index in [2.05, 4.69) is 11.9 Å². The van der Waals surface area contributed by atoms with Crippen molar-refractivity contribution in [3.05, 3.63) is 35.7 Å². The fourth-order valence-corrected chi connectivity index (χ4v) is 2.26. The molecule has 4 amide bonds. The van der Waals surface area contributed by atoms with Crippen molar-refractivity contribution in [1.82, 2.24) is 10.2 Å². The second-order valence-electron chi connectivity index (χ2n) is 4.72. The molecule has 1 fully saturated rings. The first-order valence-electron chi connectivity index (χ1n) is 8.29. The minimum absolute atomic E-state index is 0.0404. The molecule has 138 valence electrons. The van der Waals surface area contributed by atoms with E-state index in [0.29, 0.717) is 0 Å². The summed E-state index contributed by atoms with van der Waals surface area (Å²) in [4.78, 5) is 48.0. The maximum absolute atomic E-state index is 13.3. The summed E-state index contributed by atoms with van der Waals surface area (Å²) in [7, 11) is 0. The molecule has 0 aliphatic carbocycles. The van der Waals surface area contributed by atoms with Gasteiger partial charge in [-0.1, -0.05) is 34.3 Å². The summed E-state index contributed by atoms with van der Waals surface area (Å²) in [5, 5.41) is 2.08. The second-order valence-corrected chi connectivity index (χ2v) is 4.72. The Morgan fingerprint density at radius 2 is 1.72 bits per heavy atom. The molecule has 7 heteroatoms. The van der Waals surface area contributed by atoms with Crippen LogP contribution in [0.5, 0.6) is 0 Å². The van der Waals surface area contributed by atoms with E-state index in [9.17, 15) is 23.6 Å². The van der Waals surface area contributed by atoms with Crippen LogP contribution in [0.15, 0.2) is 35.7 Å². The normalized spacial score (nSPS) is 20.5. The highest BCUT2D eigenvalue weighted by molar-refractivity contribution is 6.22. The minimum Gasteiger partial charge on any atom is -0.295 e. The molecule has 1 N–H and O–H groups in total. The zero-order valence-electron chi connectivity index (χ0n) is 15.3. The number of halogens is 1. The molecule has 6 nitrogen and oxygen atoms in total. The van der Waals surface area contributed by atoms with E-state index in [1.165, 1.54) is 6.92 Å². The Labute approximate surface area is 147 Å². The molecular weight excluding hydrogens is 327 g/mol. The predicted molar refractivity (Wildman–Crippen MR) is 92.8 cm³/mol. The van der Waals surface area contributed by atoms with Gasteiger partial charge in [0.25, 0.3) is 11.8 Å².